The zero-order chi connectivity index (χ0) is 49.3. The second-order valence-corrected chi connectivity index (χ2v) is 21.1. The second kappa shape index (κ2) is 18.5. The molecule has 2 aromatic heterocycles. The number of aromatic nitrogens is 2. The molecule has 8 atom stereocenters. The number of ether oxygens (including phenoxy) is 2. The Labute approximate surface area is 404 Å². The van der Waals surface area contributed by atoms with E-state index in [-0.39, 0.29) is 67.0 Å². The molecule has 69 heavy (non-hydrogen) atoms. The third-order valence-electron chi connectivity index (χ3n) is 15.5. The number of nitrogens with one attached hydrogen (secondary N) is 3. The third kappa shape index (κ3) is 8.66. The maximum absolute atomic E-state index is 14.9. The zero-order valence-electron chi connectivity index (χ0n) is 41.4. The molecule has 4 aromatic rings. The van der Waals surface area contributed by atoms with E-state index in [9.17, 15) is 29.1 Å². The van der Waals surface area contributed by atoms with Crippen molar-refractivity contribution < 1.29 is 38.6 Å². The molecule has 4 amide bonds. The maximum Gasteiger partial charge on any atom is 0.324 e. The number of aromatic hydroxyl groups is 1. The highest BCUT2D eigenvalue weighted by molar-refractivity contribution is 6.01. The van der Waals surface area contributed by atoms with Crippen molar-refractivity contribution in [2.45, 2.75) is 123 Å². The Bertz CT molecular complexity index is 2690. The van der Waals surface area contributed by atoms with Gasteiger partial charge in [0.1, 0.15) is 29.4 Å². The van der Waals surface area contributed by atoms with E-state index in [4.69, 9.17) is 14.5 Å². The molecule has 9 rings (SSSR count). The van der Waals surface area contributed by atoms with E-state index in [1.807, 2.05) is 45.9 Å². The molecule has 2 aromatic carbocycles. The molecule has 6 bridgehead atoms. The van der Waals surface area contributed by atoms with Gasteiger partial charge in [-0.3, -0.25) is 34.0 Å². The zero-order valence-corrected chi connectivity index (χ0v) is 41.4. The number of carbonyl (C=O) groups excluding carboxylic acids is 5. The molecular formula is C53H68N8O8. The minimum atomic E-state index is -1.17. The van der Waals surface area contributed by atoms with Gasteiger partial charge in [-0.15, -0.1) is 0 Å². The van der Waals surface area contributed by atoms with E-state index in [0.29, 0.717) is 44.5 Å². The molecule has 0 spiro atoms. The van der Waals surface area contributed by atoms with Crippen LogP contribution in [-0.4, -0.2) is 129 Å². The number of piperidine rings is 1. The molecule has 4 aliphatic heterocycles. The number of hydrogen-bond donors (Lipinski definition) is 4. The minimum Gasteiger partial charge on any atom is -0.508 e. The van der Waals surface area contributed by atoms with Gasteiger partial charge in [-0.1, -0.05) is 46.8 Å². The molecule has 0 radical (unpaired) electrons. The van der Waals surface area contributed by atoms with Crippen LogP contribution >= 0.6 is 0 Å². The van der Waals surface area contributed by atoms with Crippen molar-refractivity contribution in [1.29, 1.82) is 0 Å². The van der Waals surface area contributed by atoms with Crippen LogP contribution in [0.15, 0.2) is 54.7 Å². The van der Waals surface area contributed by atoms with Crippen molar-refractivity contribution in [2.75, 3.05) is 40.4 Å². The Balaban J connectivity index is 1.11. The molecule has 3 saturated heterocycles. The largest absolute Gasteiger partial charge is 0.508 e. The molecular weight excluding hydrogens is 877 g/mol. The number of benzene rings is 2. The summed E-state index contributed by atoms with van der Waals surface area (Å²) in [5.41, 5.74) is 8.56. The van der Waals surface area contributed by atoms with Gasteiger partial charge in [0.2, 0.25) is 17.7 Å². The number of cyclic esters (lactones) is 1. The lowest BCUT2D eigenvalue weighted by Crippen LogP contribution is -2.63. The van der Waals surface area contributed by atoms with E-state index in [2.05, 4.69) is 59.6 Å². The van der Waals surface area contributed by atoms with E-state index < -0.39 is 46.9 Å². The molecule has 6 heterocycles. The number of nitrogens with zero attached hydrogens (tertiary/aromatic N) is 5. The summed E-state index contributed by atoms with van der Waals surface area (Å²) in [6, 6.07) is 12.2. The molecule has 16 nitrogen and oxygen atoms in total. The maximum atomic E-state index is 14.9. The highest BCUT2D eigenvalue weighted by Crippen LogP contribution is 2.62. The van der Waals surface area contributed by atoms with Crippen LogP contribution in [-0.2, 0) is 52.8 Å². The first-order valence-corrected chi connectivity index (χ1v) is 24.7. The van der Waals surface area contributed by atoms with Gasteiger partial charge < -0.3 is 39.6 Å². The first-order chi connectivity index (χ1) is 32.9. The normalized spacial score (nSPS) is 26.2. The smallest absolute Gasteiger partial charge is 0.324 e. The number of amides is 4. The first kappa shape index (κ1) is 48.2. The summed E-state index contributed by atoms with van der Waals surface area (Å²) in [7, 11) is 3.29. The lowest BCUT2D eigenvalue weighted by atomic mass is 9.84. The van der Waals surface area contributed by atoms with Crippen LogP contribution < -0.4 is 16.1 Å². The molecule has 1 saturated carbocycles. The van der Waals surface area contributed by atoms with Gasteiger partial charge in [-0.2, -0.15) is 0 Å². The van der Waals surface area contributed by atoms with Crippen molar-refractivity contribution in [3.63, 3.8) is 0 Å². The van der Waals surface area contributed by atoms with Gasteiger partial charge in [-0.25, -0.2) is 5.43 Å². The van der Waals surface area contributed by atoms with Crippen molar-refractivity contribution in [3.8, 4) is 28.1 Å². The Hall–Kier alpha value is -5.84. The average Bonchev–Trinajstić information content (AvgIpc) is 4.21. The van der Waals surface area contributed by atoms with Gasteiger partial charge in [0, 0.05) is 74.8 Å². The Morgan fingerprint density at radius 2 is 1.83 bits per heavy atom. The Kier molecular flexibility index (Phi) is 12.9. The van der Waals surface area contributed by atoms with Gasteiger partial charge in [0.25, 0.3) is 5.91 Å². The van der Waals surface area contributed by atoms with Crippen LogP contribution in [0.5, 0.6) is 5.75 Å². The molecule has 4 fully saturated rings. The molecule has 4 N–H and O–H groups in total. The average molecular weight is 945 g/mol. The van der Waals surface area contributed by atoms with Gasteiger partial charge >= 0.3 is 5.97 Å². The molecule has 0 unspecified atom stereocenters. The molecule has 5 aliphatic rings. The molecule has 368 valence electrons. The summed E-state index contributed by atoms with van der Waals surface area (Å²) in [6.07, 6.45) is 3.69. The van der Waals surface area contributed by atoms with Crippen LogP contribution in [0.4, 0.5) is 0 Å². The number of phenolic OH excluding ortho intramolecular Hbond substituents is 1. The first-order valence-electron chi connectivity index (χ1n) is 24.7. The number of rotatable bonds is 10. The summed E-state index contributed by atoms with van der Waals surface area (Å²) in [6.45, 7) is 16.1. The summed E-state index contributed by atoms with van der Waals surface area (Å²) in [5, 5.41) is 19.9. The lowest BCUT2D eigenvalue weighted by molar-refractivity contribution is -0.156. The number of aryl methyl sites for hydroxylation is 1. The predicted octanol–water partition coefficient (Wildman–Crippen LogP) is 5.14. The fourth-order valence-electron chi connectivity index (χ4n) is 11.8. The quantitative estimate of drug-likeness (QED) is 0.121. The molecule has 16 heteroatoms. The number of likely N-dealkylation sites (N-methyl/N-ethyl adjacent to an activating group) is 1. The van der Waals surface area contributed by atoms with Crippen LogP contribution in [0.2, 0.25) is 0 Å². The van der Waals surface area contributed by atoms with E-state index in [0.717, 1.165) is 51.0 Å². The fourth-order valence-corrected chi connectivity index (χ4v) is 11.8. The summed E-state index contributed by atoms with van der Waals surface area (Å²) in [4.78, 5) is 79.9. The summed E-state index contributed by atoms with van der Waals surface area (Å²) in [5.74, 6) is -2.26. The van der Waals surface area contributed by atoms with Gasteiger partial charge in [0.15, 0.2) is 0 Å². The van der Waals surface area contributed by atoms with Crippen LogP contribution in [0.3, 0.4) is 0 Å². The summed E-state index contributed by atoms with van der Waals surface area (Å²) < 4.78 is 14.2. The summed E-state index contributed by atoms with van der Waals surface area (Å²) >= 11 is 0. The van der Waals surface area contributed by atoms with E-state index in [1.165, 1.54) is 9.91 Å². The Morgan fingerprint density at radius 3 is 2.52 bits per heavy atom. The number of carbonyl (C=O) groups is 5. The number of phenols is 1. The van der Waals surface area contributed by atoms with Crippen molar-refractivity contribution in [3.05, 3.63) is 71.5 Å². The highest BCUT2D eigenvalue weighted by atomic mass is 16.5. The van der Waals surface area contributed by atoms with Crippen molar-refractivity contribution >= 4 is 40.5 Å². The third-order valence-corrected chi connectivity index (χ3v) is 15.5. The van der Waals surface area contributed by atoms with Crippen LogP contribution in [0.1, 0.15) is 90.7 Å². The number of esters is 1. The lowest BCUT2D eigenvalue weighted by Gasteiger charge is -2.38. The fraction of sp³-hybridized carbons (Fsp3) is 0.547. The number of fused-ring (bicyclic) bond motifs is 7. The van der Waals surface area contributed by atoms with Crippen LogP contribution in [0, 0.1) is 23.2 Å². The minimum absolute atomic E-state index is 0.00449. The van der Waals surface area contributed by atoms with Crippen molar-refractivity contribution in [1.82, 2.24) is 40.4 Å². The predicted molar refractivity (Wildman–Crippen MR) is 260 cm³/mol. The Morgan fingerprint density at radius 1 is 1.06 bits per heavy atom. The number of hydrogen-bond acceptors (Lipinski definition) is 11. The van der Waals surface area contributed by atoms with Crippen LogP contribution in [0.25, 0.3) is 33.3 Å². The van der Waals surface area contributed by atoms with Gasteiger partial charge in [0.05, 0.1) is 30.1 Å². The van der Waals surface area contributed by atoms with Gasteiger partial charge in [-0.05, 0) is 116 Å². The second-order valence-electron chi connectivity index (χ2n) is 21.1. The monoisotopic (exact) mass is 945 g/mol. The van der Waals surface area contributed by atoms with E-state index >= 15 is 0 Å². The number of methoxy groups -OCH3 is 1. The number of likely N-dealkylation sites (tertiary alicyclic amines) is 1. The van der Waals surface area contributed by atoms with Crippen molar-refractivity contribution in [2.24, 2.45) is 23.2 Å². The topological polar surface area (TPSA) is 198 Å². The highest BCUT2D eigenvalue weighted by Gasteiger charge is 2.75. The number of pyridine rings is 1. The number of hydrazine groups is 1. The SMILES string of the molecule is CCn1c(-c2cccnc2[C@H](C)OC)c2c3cc(ccc31)-c1cc(O)cc(c1)C[C@H](NC(=O)[C@H](C(C)C)N(C)C(=O)[C@]13[C@H](CCN1C(=O)[C@H]1CN1)[C@@H]3C)C(=O)N1CCC[C@H](N1)C(=O)OCC(C)(C)C2. The standard InChI is InChI=1S/C53H68N8O8/c1-10-59-43-16-15-33-25-37(43)38(46(59)36-13-11-18-54-44(36)31(5)68-9)26-52(6,7)28-69-50(66)40-14-12-19-61(57-40)49(65)41(23-32-21-34(33)24-35(62)22-32)56-47(63)45(29(2)3)58(8)51(67)53-30(4)39(53)17-20-60(53)48(64)42-27-55-42/h11,13,15-16,18,21-22,24-25,29-31,39-42,45,55,57,62H,10,12,14,17,19-20,23,26-28H2,1-9H3,(H,56,63)/t30-,31-,39+,40-,41-,42+,45-,53-/m0/s1. The molecule has 1 aliphatic carbocycles. The van der Waals surface area contributed by atoms with E-state index in [1.54, 1.807) is 37.4 Å².